The maximum atomic E-state index is 11.7. The van der Waals surface area contributed by atoms with Gasteiger partial charge in [-0.15, -0.1) is 0 Å². The summed E-state index contributed by atoms with van der Waals surface area (Å²) in [6, 6.07) is 8.18. The molecule has 0 unspecified atom stereocenters. The highest BCUT2D eigenvalue weighted by molar-refractivity contribution is 6.05. The van der Waals surface area contributed by atoms with Crippen LogP contribution in [0.3, 0.4) is 0 Å². The molecule has 1 saturated heterocycles. The van der Waals surface area contributed by atoms with Crippen LogP contribution in [-0.2, 0) is 4.79 Å². The van der Waals surface area contributed by atoms with Gasteiger partial charge < -0.3 is 0 Å². The first-order valence-electron chi connectivity index (χ1n) is 6.15. The van der Waals surface area contributed by atoms with Gasteiger partial charge in [-0.05, 0) is 30.3 Å². The van der Waals surface area contributed by atoms with E-state index in [0.717, 1.165) is 11.7 Å². The van der Waals surface area contributed by atoms with Gasteiger partial charge >= 0.3 is 6.03 Å². The fourth-order valence-electron chi connectivity index (χ4n) is 2.14. The zero-order valence-corrected chi connectivity index (χ0v) is 10.5. The minimum atomic E-state index is -0.461. The predicted molar refractivity (Wildman–Crippen MR) is 72.6 cm³/mol. The lowest BCUT2D eigenvalue weighted by atomic mass is 10.1. The summed E-state index contributed by atoms with van der Waals surface area (Å²) < 4.78 is 0. The maximum Gasteiger partial charge on any atom is 0.329 e. The zero-order valence-electron chi connectivity index (χ0n) is 10.5. The van der Waals surface area contributed by atoms with Crippen molar-refractivity contribution in [2.24, 2.45) is 0 Å². The number of amides is 3. The van der Waals surface area contributed by atoms with E-state index in [0.29, 0.717) is 23.4 Å². The molecule has 0 spiro atoms. The van der Waals surface area contributed by atoms with Crippen molar-refractivity contribution >= 4 is 34.9 Å². The van der Waals surface area contributed by atoms with Crippen molar-refractivity contribution in [1.29, 1.82) is 0 Å². The van der Waals surface area contributed by atoms with Gasteiger partial charge in [-0.2, -0.15) is 0 Å². The van der Waals surface area contributed by atoms with Crippen LogP contribution in [0.25, 0.3) is 10.9 Å². The van der Waals surface area contributed by atoms with E-state index in [-0.39, 0.29) is 12.3 Å². The van der Waals surface area contributed by atoms with E-state index < -0.39 is 6.03 Å². The van der Waals surface area contributed by atoms with Crippen LogP contribution >= 0.6 is 0 Å². The molecule has 0 saturated carbocycles. The number of carbonyl (C=O) groups is 3. The number of anilines is 1. The Balaban J connectivity index is 1.98. The number of imide groups is 1. The second kappa shape index (κ2) is 4.73. The fraction of sp³-hybridized carbons (Fsp3) is 0.143. The normalized spacial score (nSPS) is 15.3. The van der Waals surface area contributed by atoms with Crippen LogP contribution in [0.15, 0.2) is 30.3 Å². The number of hydrogen-bond acceptors (Lipinski definition) is 4. The minimum absolute atomic E-state index is 0.259. The quantitative estimate of drug-likeness (QED) is 0.838. The molecule has 1 fully saturated rings. The van der Waals surface area contributed by atoms with Gasteiger partial charge in [-0.25, -0.2) is 9.78 Å². The molecule has 20 heavy (non-hydrogen) atoms. The molecular weight excluding hydrogens is 258 g/mol. The minimum Gasteiger partial charge on any atom is -0.298 e. The number of rotatable bonds is 2. The molecule has 1 aromatic heterocycles. The third kappa shape index (κ3) is 2.11. The number of aldehydes is 1. The Morgan fingerprint density at radius 2 is 2.05 bits per heavy atom. The van der Waals surface area contributed by atoms with Crippen LogP contribution < -0.4 is 10.2 Å². The molecule has 2 aromatic rings. The van der Waals surface area contributed by atoms with E-state index >= 15 is 0 Å². The summed E-state index contributed by atoms with van der Waals surface area (Å²) in [7, 11) is 0. The van der Waals surface area contributed by atoms with Gasteiger partial charge in [0.2, 0.25) is 5.91 Å². The Hall–Kier alpha value is -2.76. The SMILES string of the molecule is O=Cc1ccc2nc(N3CCC(=O)NC3=O)ccc2c1. The first kappa shape index (κ1) is 12.3. The maximum absolute atomic E-state index is 11.7. The van der Waals surface area contributed by atoms with E-state index in [1.54, 1.807) is 30.3 Å². The standard InChI is InChI=1S/C14H11N3O3/c18-8-9-1-3-11-10(7-9)2-4-12(15-11)17-6-5-13(19)16-14(17)20/h1-4,7-8H,5-6H2,(H,16,19,20). The average molecular weight is 269 g/mol. The van der Waals surface area contributed by atoms with Crippen LogP contribution in [0.4, 0.5) is 10.6 Å². The molecule has 0 radical (unpaired) electrons. The third-order valence-corrected chi connectivity index (χ3v) is 3.17. The molecule has 1 aromatic carbocycles. The lowest BCUT2D eigenvalue weighted by Gasteiger charge is -2.25. The van der Waals surface area contributed by atoms with Crippen molar-refractivity contribution in [3.63, 3.8) is 0 Å². The molecule has 6 nitrogen and oxygen atoms in total. The van der Waals surface area contributed by atoms with Crippen molar-refractivity contribution < 1.29 is 14.4 Å². The summed E-state index contributed by atoms with van der Waals surface area (Å²) in [4.78, 5) is 39.4. The molecule has 1 aliphatic rings. The average Bonchev–Trinajstić information content (AvgIpc) is 2.46. The number of fused-ring (bicyclic) bond motifs is 1. The molecule has 3 rings (SSSR count). The summed E-state index contributed by atoms with van der Waals surface area (Å²) in [5, 5.41) is 3.08. The van der Waals surface area contributed by atoms with Crippen LogP contribution in [0.5, 0.6) is 0 Å². The van der Waals surface area contributed by atoms with Gasteiger partial charge in [-0.3, -0.25) is 19.8 Å². The van der Waals surface area contributed by atoms with Gasteiger partial charge in [0.15, 0.2) is 0 Å². The van der Waals surface area contributed by atoms with Gasteiger partial charge in [0.05, 0.1) is 5.52 Å². The second-order valence-electron chi connectivity index (χ2n) is 4.49. The van der Waals surface area contributed by atoms with Gasteiger partial charge in [0.25, 0.3) is 0 Å². The molecule has 0 atom stereocenters. The van der Waals surface area contributed by atoms with Crippen molar-refractivity contribution in [2.45, 2.75) is 6.42 Å². The summed E-state index contributed by atoms with van der Waals surface area (Å²) in [5.74, 6) is 0.212. The van der Waals surface area contributed by atoms with Crippen LogP contribution in [0, 0.1) is 0 Å². The van der Waals surface area contributed by atoms with Crippen LogP contribution in [0.2, 0.25) is 0 Å². The van der Waals surface area contributed by atoms with E-state index in [4.69, 9.17) is 0 Å². The second-order valence-corrected chi connectivity index (χ2v) is 4.49. The monoisotopic (exact) mass is 269 g/mol. The van der Waals surface area contributed by atoms with Gasteiger partial charge in [0.1, 0.15) is 12.1 Å². The first-order valence-corrected chi connectivity index (χ1v) is 6.15. The molecule has 0 aliphatic carbocycles. The zero-order chi connectivity index (χ0) is 14.1. The van der Waals surface area contributed by atoms with Gasteiger partial charge in [0, 0.05) is 23.9 Å². The van der Waals surface area contributed by atoms with E-state index in [1.165, 1.54) is 4.90 Å². The first-order chi connectivity index (χ1) is 9.67. The van der Waals surface area contributed by atoms with Crippen LogP contribution in [-0.4, -0.2) is 29.8 Å². The number of aromatic nitrogens is 1. The van der Waals surface area contributed by atoms with E-state index in [9.17, 15) is 14.4 Å². The number of nitrogens with zero attached hydrogens (tertiary/aromatic N) is 2. The predicted octanol–water partition coefficient (Wildman–Crippen LogP) is 1.49. The fourth-order valence-corrected chi connectivity index (χ4v) is 2.14. The van der Waals surface area contributed by atoms with Crippen molar-refractivity contribution in [3.05, 3.63) is 35.9 Å². The number of urea groups is 1. The number of carbonyl (C=O) groups excluding carboxylic acids is 3. The number of pyridine rings is 1. The van der Waals surface area contributed by atoms with Gasteiger partial charge in [-0.1, -0.05) is 0 Å². The number of nitrogens with one attached hydrogen (secondary N) is 1. The molecule has 6 heteroatoms. The Morgan fingerprint density at radius 1 is 1.20 bits per heavy atom. The molecule has 1 aliphatic heterocycles. The molecular formula is C14H11N3O3. The summed E-state index contributed by atoms with van der Waals surface area (Å²) in [5.41, 5.74) is 1.27. The van der Waals surface area contributed by atoms with Crippen LogP contribution in [0.1, 0.15) is 16.8 Å². The number of benzene rings is 1. The van der Waals surface area contributed by atoms with E-state index in [2.05, 4.69) is 10.3 Å². The highest BCUT2D eigenvalue weighted by atomic mass is 16.2. The Kier molecular flexibility index (Phi) is 2.90. The largest absolute Gasteiger partial charge is 0.329 e. The summed E-state index contributed by atoms with van der Waals surface area (Å²) in [6.07, 6.45) is 1.03. The highest BCUT2D eigenvalue weighted by Gasteiger charge is 2.25. The topological polar surface area (TPSA) is 79.4 Å². The Morgan fingerprint density at radius 3 is 2.80 bits per heavy atom. The van der Waals surface area contributed by atoms with Crippen molar-refractivity contribution in [3.8, 4) is 0 Å². The van der Waals surface area contributed by atoms with Crippen molar-refractivity contribution in [2.75, 3.05) is 11.4 Å². The lowest BCUT2D eigenvalue weighted by Crippen LogP contribution is -2.49. The summed E-state index contributed by atoms with van der Waals surface area (Å²) in [6.45, 7) is 0.315. The third-order valence-electron chi connectivity index (χ3n) is 3.17. The Labute approximate surface area is 114 Å². The lowest BCUT2D eigenvalue weighted by molar-refractivity contribution is -0.120. The molecule has 0 bridgehead atoms. The van der Waals surface area contributed by atoms with Crippen molar-refractivity contribution in [1.82, 2.24) is 10.3 Å². The number of hydrogen-bond donors (Lipinski definition) is 1. The summed E-state index contributed by atoms with van der Waals surface area (Å²) >= 11 is 0. The molecule has 3 amide bonds. The smallest absolute Gasteiger partial charge is 0.298 e. The Bertz CT molecular complexity index is 727. The molecule has 1 N–H and O–H groups in total. The molecule has 2 heterocycles. The van der Waals surface area contributed by atoms with E-state index in [1.807, 2.05) is 0 Å². The highest BCUT2D eigenvalue weighted by Crippen LogP contribution is 2.20. The molecule has 100 valence electrons.